The van der Waals surface area contributed by atoms with Crippen LogP contribution in [0.2, 0.25) is 0 Å². The van der Waals surface area contributed by atoms with E-state index in [1.54, 1.807) is 16.7 Å². The Balaban J connectivity index is 0.000000213. The highest BCUT2D eigenvalue weighted by atomic mass is 19.1. The molecule has 2 saturated heterocycles. The van der Waals surface area contributed by atoms with Gasteiger partial charge in [-0.1, -0.05) is 60.7 Å². The fraction of sp³-hybridized carbons (Fsp3) is 0.483. The zero-order chi connectivity index (χ0) is 26.9. The lowest BCUT2D eigenvalue weighted by Gasteiger charge is -2.25. The van der Waals surface area contributed by atoms with Gasteiger partial charge in [-0.3, -0.25) is 23.2 Å². The van der Waals surface area contributed by atoms with E-state index in [0.29, 0.717) is 13.0 Å². The predicted molar refractivity (Wildman–Crippen MR) is 137 cm³/mol. The minimum absolute atomic E-state index is 0.0465. The number of ether oxygens (including phenoxy) is 1. The van der Waals surface area contributed by atoms with Crippen LogP contribution >= 0.6 is 0 Å². The molecule has 0 aliphatic carbocycles. The zero-order valence-electron chi connectivity index (χ0n) is 21.7. The van der Waals surface area contributed by atoms with Crippen LogP contribution in [0.1, 0.15) is 50.4 Å². The van der Waals surface area contributed by atoms with Gasteiger partial charge >= 0.3 is 5.97 Å². The van der Waals surface area contributed by atoms with Crippen molar-refractivity contribution in [1.29, 1.82) is 0 Å². The van der Waals surface area contributed by atoms with E-state index in [4.69, 9.17) is 4.74 Å². The fourth-order valence-electron chi connectivity index (χ4n) is 4.95. The molecule has 2 aromatic rings. The number of rotatable bonds is 8. The third-order valence-corrected chi connectivity index (χ3v) is 7.15. The molecule has 4 rings (SSSR count). The second-order valence-electron chi connectivity index (χ2n) is 9.58. The SMILES string of the molecule is CCOC(=O)[C@H]1C(=O)N([C@H](C)c2ccccc2)C[C@@H]1CF.C[C@H](c1ccccc1)N1C[C@H](CF)CC1=O. The van der Waals surface area contributed by atoms with Gasteiger partial charge in [-0.2, -0.15) is 0 Å². The summed E-state index contributed by atoms with van der Waals surface area (Å²) in [6, 6.07) is 19.2. The summed E-state index contributed by atoms with van der Waals surface area (Å²) in [5, 5.41) is 0. The van der Waals surface area contributed by atoms with Crippen LogP contribution in [0.25, 0.3) is 0 Å². The molecule has 2 aromatic carbocycles. The van der Waals surface area contributed by atoms with Gasteiger partial charge in [0.25, 0.3) is 0 Å². The van der Waals surface area contributed by atoms with E-state index in [9.17, 15) is 23.2 Å². The summed E-state index contributed by atoms with van der Waals surface area (Å²) in [6.07, 6.45) is 0.355. The molecule has 0 bridgehead atoms. The summed E-state index contributed by atoms with van der Waals surface area (Å²) in [6.45, 7) is 5.43. The van der Waals surface area contributed by atoms with Crippen molar-refractivity contribution in [2.24, 2.45) is 17.8 Å². The van der Waals surface area contributed by atoms with Crippen molar-refractivity contribution >= 4 is 17.8 Å². The van der Waals surface area contributed by atoms with Crippen LogP contribution < -0.4 is 0 Å². The van der Waals surface area contributed by atoms with Crippen LogP contribution in [0.4, 0.5) is 8.78 Å². The van der Waals surface area contributed by atoms with Crippen LogP contribution in [0.3, 0.4) is 0 Å². The third kappa shape index (κ3) is 6.73. The first-order valence-electron chi connectivity index (χ1n) is 12.8. The first kappa shape index (κ1) is 28.3. The molecular formula is C29H36F2N2O4. The zero-order valence-corrected chi connectivity index (χ0v) is 21.7. The Morgan fingerprint density at radius 2 is 1.43 bits per heavy atom. The van der Waals surface area contributed by atoms with Crippen molar-refractivity contribution in [3.8, 4) is 0 Å². The molecule has 0 unspecified atom stereocenters. The Hall–Kier alpha value is -3.29. The van der Waals surface area contributed by atoms with E-state index >= 15 is 0 Å². The Morgan fingerprint density at radius 1 is 0.892 bits per heavy atom. The van der Waals surface area contributed by atoms with Crippen LogP contribution in [0.5, 0.6) is 0 Å². The molecule has 2 amide bonds. The van der Waals surface area contributed by atoms with Crippen molar-refractivity contribution in [3.63, 3.8) is 0 Å². The predicted octanol–water partition coefficient (Wildman–Crippen LogP) is 4.92. The average Bonchev–Trinajstić information content (AvgIpc) is 3.48. The standard InChI is InChI=1S/C16H20FNO3.C13H16FNO/c1-3-21-16(20)14-13(9-17)10-18(15(14)19)11(2)12-7-5-4-6-8-12;1-10(12-5-3-2-4-6-12)15-9-11(8-14)7-13(15)16/h4-8,11,13-14H,3,9-10H2,1-2H3;2-6,10-11H,7-9H2,1H3/t11-,13+,14-;10-,11+/m11/s1. The van der Waals surface area contributed by atoms with Gasteiger partial charge in [0.2, 0.25) is 11.8 Å². The number of alkyl halides is 2. The summed E-state index contributed by atoms with van der Waals surface area (Å²) in [5.41, 5.74) is 2.07. The molecule has 2 aliphatic heterocycles. The first-order chi connectivity index (χ1) is 17.8. The minimum Gasteiger partial charge on any atom is -0.465 e. The summed E-state index contributed by atoms with van der Waals surface area (Å²) >= 11 is 0. The number of halogens is 2. The maximum absolute atomic E-state index is 13.2. The van der Waals surface area contributed by atoms with Gasteiger partial charge in [0, 0.05) is 31.3 Å². The van der Waals surface area contributed by atoms with Crippen molar-refractivity contribution < 1.29 is 27.9 Å². The molecule has 37 heavy (non-hydrogen) atoms. The smallest absolute Gasteiger partial charge is 0.318 e. The molecule has 200 valence electrons. The van der Waals surface area contributed by atoms with E-state index in [1.807, 2.05) is 74.5 Å². The Morgan fingerprint density at radius 3 is 1.89 bits per heavy atom. The molecule has 0 saturated carbocycles. The summed E-state index contributed by atoms with van der Waals surface area (Å²) in [7, 11) is 0. The van der Waals surface area contributed by atoms with E-state index < -0.39 is 31.2 Å². The number of amides is 2. The minimum atomic E-state index is -1.01. The third-order valence-electron chi connectivity index (χ3n) is 7.15. The number of nitrogens with zero attached hydrogens (tertiary/aromatic N) is 2. The number of benzene rings is 2. The van der Waals surface area contributed by atoms with Crippen molar-refractivity contribution in [2.45, 2.75) is 39.3 Å². The van der Waals surface area contributed by atoms with Crippen LogP contribution in [0, 0.1) is 17.8 Å². The number of hydrogen-bond donors (Lipinski definition) is 0. The molecule has 0 N–H and O–H groups in total. The fourth-order valence-corrected chi connectivity index (χ4v) is 4.95. The molecule has 0 aromatic heterocycles. The van der Waals surface area contributed by atoms with E-state index in [-0.39, 0.29) is 43.0 Å². The Labute approximate surface area is 217 Å². The summed E-state index contributed by atoms with van der Waals surface area (Å²) in [4.78, 5) is 39.4. The van der Waals surface area contributed by atoms with Gasteiger partial charge in [-0.25, -0.2) is 0 Å². The van der Waals surface area contributed by atoms with Crippen LogP contribution in [0.15, 0.2) is 60.7 Å². The molecule has 2 aliphatic rings. The lowest BCUT2D eigenvalue weighted by Crippen LogP contribution is -2.33. The quantitative estimate of drug-likeness (QED) is 0.371. The second kappa shape index (κ2) is 13.3. The average molecular weight is 515 g/mol. The highest BCUT2D eigenvalue weighted by Gasteiger charge is 2.47. The van der Waals surface area contributed by atoms with Crippen molar-refractivity contribution in [2.75, 3.05) is 33.0 Å². The van der Waals surface area contributed by atoms with Crippen LogP contribution in [-0.2, 0) is 19.1 Å². The topological polar surface area (TPSA) is 66.9 Å². The maximum atomic E-state index is 13.2. The summed E-state index contributed by atoms with van der Waals surface area (Å²) < 4.78 is 30.6. The van der Waals surface area contributed by atoms with E-state index in [0.717, 1.165) is 11.1 Å². The molecular weight excluding hydrogens is 478 g/mol. The van der Waals surface area contributed by atoms with Gasteiger partial charge < -0.3 is 14.5 Å². The van der Waals surface area contributed by atoms with Crippen LogP contribution in [-0.4, -0.2) is 60.6 Å². The second-order valence-corrected chi connectivity index (χ2v) is 9.58. The highest BCUT2D eigenvalue weighted by molar-refractivity contribution is 6.00. The molecule has 2 heterocycles. The summed E-state index contributed by atoms with van der Waals surface area (Å²) in [5.74, 6) is -2.64. The molecule has 5 atom stereocenters. The number of likely N-dealkylation sites (tertiary alicyclic amines) is 2. The Bertz CT molecular complexity index is 1040. The van der Waals surface area contributed by atoms with E-state index in [1.165, 1.54) is 0 Å². The number of carbonyl (C=O) groups excluding carboxylic acids is 3. The largest absolute Gasteiger partial charge is 0.465 e. The number of esters is 1. The molecule has 0 radical (unpaired) electrons. The molecule has 0 spiro atoms. The monoisotopic (exact) mass is 514 g/mol. The molecule has 8 heteroatoms. The lowest BCUT2D eigenvalue weighted by molar-refractivity contribution is -0.154. The normalized spacial score (nSPS) is 22.9. The van der Waals surface area contributed by atoms with Gasteiger partial charge in [0.1, 0.15) is 5.92 Å². The number of carbonyl (C=O) groups is 3. The van der Waals surface area contributed by atoms with Gasteiger partial charge in [0.05, 0.1) is 32.0 Å². The van der Waals surface area contributed by atoms with Gasteiger partial charge in [0.15, 0.2) is 0 Å². The Kier molecular flexibility index (Phi) is 10.2. The van der Waals surface area contributed by atoms with Crippen molar-refractivity contribution in [3.05, 3.63) is 71.8 Å². The number of hydrogen-bond acceptors (Lipinski definition) is 4. The lowest BCUT2D eigenvalue weighted by atomic mass is 9.97. The maximum Gasteiger partial charge on any atom is 0.318 e. The molecule has 2 fully saturated rings. The van der Waals surface area contributed by atoms with Crippen molar-refractivity contribution in [1.82, 2.24) is 9.80 Å². The van der Waals surface area contributed by atoms with E-state index in [2.05, 4.69) is 0 Å². The molecule has 6 nitrogen and oxygen atoms in total. The van der Waals surface area contributed by atoms with Gasteiger partial charge in [-0.15, -0.1) is 0 Å². The van der Waals surface area contributed by atoms with Gasteiger partial charge in [-0.05, 0) is 31.9 Å². The highest BCUT2D eigenvalue weighted by Crippen LogP contribution is 2.33. The first-order valence-corrected chi connectivity index (χ1v) is 12.8.